The second-order valence-corrected chi connectivity index (χ2v) is 5.84. The van der Waals surface area contributed by atoms with Crippen LogP contribution < -0.4 is 0 Å². The number of hydrogen-bond acceptors (Lipinski definition) is 2. The Kier molecular flexibility index (Phi) is 2.78. The molecule has 20 heavy (non-hydrogen) atoms. The molecule has 1 aliphatic rings. The lowest BCUT2D eigenvalue weighted by molar-refractivity contribution is 0.794. The van der Waals surface area contributed by atoms with Crippen molar-refractivity contribution in [2.45, 2.75) is 12.3 Å². The highest BCUT2D eigenvalue weighted by molar-refractivity contribution is 7.08. The quantitative estimate of drug-likeness (QED) is 0.735. The van der Waals surface area contributed by atoms with Crippen molar-refractivity contribution in [3.63, 3.8) is 0 Å². The van der Waals surface area contributed by atoms with Crippen LogP contribution in [0.1, 0.15) is 22.7 Å². The number of thiophene rings is 1. The van der Waals surface area contributed by atoms with E-state index in [2.05, 4.69) is 69.5 Å². The summed E-state index contributed by atoms with van der Waals surface area (Å²) in [5, 5.41) is 12.0. The summed E-state index contributed by atoms with van der Waals surface area (Å²) in [6, 6.07) is 12.8. The monoisotopic (exact) mass is 278 g/mol. The smallest absolute Gasteiger partial charge is 0.100 e. The van der Waals surface area contributed by atoms with Gasteiger partial charge in [-0.25, -0.2) is 0 Å². The molecule has 1 atom stereocenters. The second kappa shape index (κ2) is 4.76. The van der Waals surface area contributed by atoms with E-state index in [4.69, 9.17) is 0 Å². The van der Waals surface area contributed by atoms with Gasteiger partial charge in [-0.15, -0.1) is 0 Å². The Labute approximate surface area is 121 Å². The number of benzene rings is 1. The molecule has 0 amide bonds. The molecule has 3 aromatic rings. The van der Waals surface area contributed by atoms with Crippen LogP contribution in [0.15, 0.2) is 53.2 Å². The molecule has 1 N–H and O–H groups in total. The lowest BCUT2D eigenvalue weighted by Gasteiger charge is -2.17. The average molecular weight is 278 g/mol. The number of H-pyrrole nitrogens is 1. The van der Waals surface area contributed by atoms with Crippen molar-refractivity contribution in [2.24, 2.45) is 0 Å². The van der Waals surface area contributed by atoms with Crippen LogP contribution in [-0.2, 0) is 6.42 Å². The van der Waals surface area contributed by atoms with E-state index in [1.54, 1.807) is 11.3 Å². The van der Waals surface area contributed by atoms with Crippen LogP contribution in [0.4, 0.5) is 0 Å². The van der Waals surface area contributed by atoms with E-state index in [9.17, 15) is 0 Å². The van der Waals surface area contributed by atoms with E-state index in [1.807, 2.05) is 0 Å². The first-order valence-electron chi connectivity index (χ1n) is 6.75. The van der Waals surface area contributed by atoms with Crippen molar-refractivity contribution < 1.29 is 0 Å². The highest BCUT2D eigenvalue weighted by Crippen LogP contribution is 2.34. The van der Waals surface area contributed by atoms with Crippen LogP contribution in [0.2, 0.25) is 0 Å². The average Bonchev–Trinajstić information content (AvgIpc) is 3.16. The fourth-order valence-electron chi connectivity index (χ4n) is 2.77. The summed E-state index contributed by atoms with van der Waals surface area (Å²) in [5.74, 6) is 0.444. The van der Waals surface area contributed by atoms with Gasteiger partial charge in [0.2, 0.25) is 0 Å². The molecule has 1 unspecified atom stereocenters. The standard InChI is InChI=1S/C17H14N2S/c1-2-4-12(5-3-1)13-6-7-15-16(10-13)18-19-17(15)14-8-9-20-11-14/h1-9,11,13H,10H2,(H,18,19). The minimum absolute atomic E-state index is 0.444. The lowest BCUT2D eigenvalue weighted by atomic mass is 9.87. The Balaban J connectivity index is 1.70. The van der Waals surface area contributed by atoms with E-state index in [0.717, 1.165) is 12.1 Å². The molecular formula is C17H14N2S. The first-order valence-corrected chi connectivity index (χ1v) is 7.69. The number of nitrogens with zero attached hydrogens (tertiary/aromatic N) is 1. The number of nitrogens with one attached hydrogen (secondary N) is 1. The van der Waals surface area contributed by atoms with Crippen LogP contribution in [0, 0.1) is 0 Å². The van der Waals surface area contributed by atoms with E-state index >= 15 is 0 Å². The minimum Gasteiger partial charge on any atom is -0.281 e. The fourth-order valence-corrected chi connectivity index (χ4v) is 3.41. The zero-order valence-corrected chi connectivity index (χ0v) is 11.7. The van der Waals surface area contributed by atoms with Crippen molar-refractivity contribution in [1.82, 2.24) is 10.2 Å². The van der Waals surface area contributed by atoms with Gasteiger partial charge in [0.15, 0.2) is 0 Å². The van der Waals surface area contributed by atoms with Gasteiger partial charge in [-0.3, -0.25) is 5.10 Å². The molecule has 1 aliphatic carbocycles. The molecule has 3 heteroatoms. The van der Waals surface area contributed by atoms with Crippen LogP contribution in [-0.4, -0.2) is 10.2 Å². The molecule has 2 aromatic heterocycles. The van der Waals surface area contributed by atoms with Crippen molar-refractivity contribution in [1.29, 1.82) is 0 Å². The Bertz CT molecular complexity index is 739. The number of allylic oxidation sites excluding steroid dienone is 1. The Morgan fingerprint density at radius 1 is 1.15 bits per heavy atom. The molecule has 0 radical (unpaired) electrons. The second-order valence-electron chi connectivity index (χ2n) is 5.06. The molecule has 4 rings (SSSR count). The maximum atomic E-state index is 4.50. The van der Waals surface area contributed by atoms with Crippen LogP contribution in [0.3, 0.4) is 0 Å². The maximum Gasteiger partial charge on any atom is 0.100 e. The predicted octanol–water partition coefficient (Wildman–Crippen LogP) is 4.49. The van der Waals surface area contributed by atoms with Gasteiger partial charge in [0, 0.05) is 34.5 Å². The van der Waals surface area contributed by atoms with Gasteiger partial charge in [-0.1, -0.05) is 42.5 Å². The fraction of sp³-hybridized carbons (Fsp3) is 0.118. The number of aromatic amines is 1. The third kappa shape index (κ3) is 1.91. The Hall–Kier alpha value is -2.13. The lowest BCUT2D eigenvalue weighted by Crippen LogP contribution is -2.05. The number of rotatable bonds is 2. The summed E-state index contributed by atoms with van der Waals surface area (Å²) in [6.45, 7) is 0. The van der Waals surface area contributed by atoms with Gasteiger partial charge in [-0.05, 0) is 17.0 Å². The van der Waals surface area contributed by atoms with E-state index in [0.29, 0.717) is 5.92 Å². The largest absolute Gasteiger partial charge is 0.281 e. The van der Waals surface area contributed by atoms with Crippen molar-refractivity contribution in [3.05, 3.63) is 70.1 Å². The molecule has 0 saturated carbocycles. The van der Waals surface area contributed by atoms with Crippen LogP contribution in [0.5, 0.6) is 0 Å². The molecule has 0 bridgehead atoms. The molecule has 2 nitrogen and oxygen atoms in total. The van der Waals surface area contributed by atoms with Gasteiger partial charge in [0.05, 0.1) is 0 Å². The first-order chi connectivity index (χ1) is 9.92. The van der Waals surface area contributed by atoms with Gasteiger partial charge < -0.3 is 0 Å². The first kappa shape index (κ1) is 11.7. The molecule has 0 spiro atoms. The number of aromatic nitrogens is 2. The molecular weight excluding hydrogens is 264 g/mol. The molecule has 2 heterocycles. The predicted molar refractivity (Wildman–Crippen MR) is 83.8 cm³/mol. The van der Waals surface area contributed by atoms with Crippen molar-refractivity contribution >= 4 is 17.4 Å². The highest BCUT2D eigenvalue weighted by Gasteiger charge is 2.20. The number of fused-ring (bicyclic) bond motifs is 1. The van der Waals surface area contributed by atoms with Gasteiger partial charge in [0.1, 0.15) is 5.69 Å². The highest BCUT2D eigenvalue weighted by atomic mass is 32.1. The third-order valence-electron chi connectivity index (χ3n) is 3.82. The topological polar surface area (TPSA) is 28.7 Å². The minimum atomic E-state index is 0.444. The molecule has 0 fully saturated rings. The zero-order valence-electron chi connectivity index (χ0n) is 10.9. The Morgan fingerprint density at radius 3 is 2.85 bits per heavy atom. The summed E-state index contributed by atoms with van der Waals surface area (Å²) in [6.07, 6.45) is 5.50. The SMILES string of the molecule is C1=CC(c2ccccc2)Cc2[nH]nc(-c3ccsc3)c21. The van der Waals surface area contributed by atoms with E-state index in [-0.39, 0.29) is 0 Å². The van der Waals surface area contributed by atoms with Gasteiger partial charge in [0.25, 0.3) is 0 Å². The van der Waals surface area contributed by atoms with E-state index in [1.165, 1.54) is 22.4 Å². The third-order valence-corrected chi connectivity index (χ3v) is 4.51. The van der Waals surface area contributed by atoms with Crippen LogP contribution in [0.25, 0.3) is 17.3 Å². The summed E-state index contributed by atoms with van der Waals surface area (Å²) in [4.78, 5) is 0. The van der Waals surface area contributed by atoms with Crippen LogP contribution >= 0.6 is 11.3 Å². The molecule has 0 aliphatic heterocycles. The van der Waals surface area contributed by atoms with Crippen molar-refractivity contribution in [3.8, 4) is 11.3 Å². The molecule has 1 aromatic carbocycles. The van der Waals surface area contributed by atoms with Crippen molar-refractivity contribution in [2.75, 3.05) is 0 Å². The van der Waals surface area contributed by atoms with E-state index < -0.39 is 0 Å². The number of hydrogen-bond donors (Lipinski definition) is 1. The Morgan fingerprint density at radius 2 is 2.05 bits per heavy atom. The maximum absolute atomic E-state index is 4.50. The summed E-state index contributed by atoms with van der Waals surface area (Å²) < 4.78 is 0. The normalized spacial score (nSPS) is 17.1. The summed E-state index contributed by atoms with van der Waals surface area (Å²) in [7, 11) is 0. The summed E-state index contributed by atoms with van der Waals surface area (Å²) in [5.41, 5.74) is 6.12. The molecule has 0 saturated heterocycles. The molecule has 98 valence electrons. The zero-order chi connectivity index (χ0) is 13.4. The van der Waals surface area contributed by atoms with Gasteiger partial charge in [-0.2, -0.15) is 16.4 Å². The van der Waals surface area contributed by atoms with Gasteiger partial charge >= 0.3 is 0 Å². The summed E-state index contributed by atoms with van der Waals surface area (Å²) >= 11 is 1.71.